The Labute approximate surface area is 81.1 Å². The fourth-order valence-electron chi connectivity index (χ4n) is 0.297. The van der Waals surface area contributed by atoms with Gasteiger partial charge >= 0.3 is 0 Å². The highest BCUT2D eigenvalue weighted by atomic mass is 19.1. The first-order chi connectivity index (χ1) is 6.91. The van der Waals surface area contributed by atoms with Crippen molar-refractivity contribution in [3.63, 3.8) is 0 Å². The summed E-state index contributed by atoms with van der Waals surface area (Å²) >= 11 is 0. The van der Waals surface area contributed by atoms with Gasteiger partial charge in [0.15, 0.2) is 0 Å². The molecule has 2 heteroatoms. The van der Waals surface area contributed by atoms with Crippen molar-refractivity contribution < 1.29 is 8.78 Å². The molecule has 0 heterocycles. The van der Waals surface area contributed by atoms with Gasteiger partial charge in [-0.1, -0.05) is 0 Å². The minimum absolute atomic E-state index is 1.09. The molecule has 0 bridgehead atoms. The van der Waals surface area contributed by atoms with Crippen molar-refractivity contribution in [2.24, 2.45) is 0 Å². The topological polar surface area (TPSA) is 0 Å². The lowest BCUT2D eigenvalue weighted by molar-refractivity contribution is 0.774. The Bertz CT molecular complexity index is 490. The second-order valence-corrected chi connectivity index (χ2v) is 1.44. The van der Waals surface area contributed by atoms with Crippen LogP contribution in [0.25, 0.3) is 0 Å². The van der Waals surface area contributed by atoms with Crippen LogP contribution in [0.2, 0.25) is 0 Å². The Morgan fingerprint density at radius 1 is 0.357 bits per heavy atom. The summed E-state index contributed by atoms with van der Waals surface area (Å²) in [5.74, 6) is 21.5. The van der Waals surface area contributed by atoms with Crippen molar-refractivity contribution in [3.05, 3.63) is 0 Å². The zero-order chi connectivity index (χ0) is 10.5. The summed E-state index contributed by atoms with van der Waals surface area (Å²) in [7, 11) is 0. The lowest BCUT2D eigenvalue weighted by atomic mass is 10.5. The summed E-state index contributed by atoms with van der Waals surface area (Å²) in [5, 5.41) is 0. The largest absolute Gasteiger partial charge is 0.143 e. The fraction of sp³-hybridized carbons (Fsp3) is 0. The average Bonchev–Trinajstić information content (AvgIpc) is 2.21. The van der Waals surface area contributed by atoms with Crippen molar-refractivity contribution in [1.82, 2.24) is 0 Å². The summed E-state index contributed by atoms with van der Waals surface area (Å²) in [5.41, 5.74) is 0. The van der Waals surface area contributed by atoms with Gasteiger partial charge in [0.1, 0.15) is 12.3 Å². The molecule has 0 aliphatic heterocycles. The van der Waals surface area contributed by atoms with Crippen LogP contribution in [0.15, 0.2) is 0 Å². The van der Waals surface area contributed by atoms with Crippen molar-refractivity contribution in [2.45, 2.75) is 0 Å². The van der Waals surface area contributed by atoms with Crippen LogP contribution in [0.3, 0.4) is 0 Å². The third-order valence-electron chi connectivity index (χ3n) is 0.657. The molecule has 0 aromatic heterocycles. The lowest BCUT2D eigenvalue weighted by Gasteiger charge is -1.54. The smallest absolute Gasteiger partial charge is 0.119 e. The Hall–Kier alpha value is -2.78. The number of hydrogen-bond donors (Lipinski definition) is 0. The Morgan fingerprint density at radius 2 is 0.571 bits per heavy atom. The summed E-state index contributed by atoms with van der Waals surface area (Å²) in [6.07, 6.45) is 2.18. The molecule has 0 aromatic carbocycles. The first kappa shape index (κ1) is 11.2. The first-order valence-electron chi connectivity index (χ1n) is 3.13. The van der Waals surface area contributed by atoms with Gasteiger partial charge in [0.2, 0.25) is 0 Å². The summed E-state index contributed by atoms with van der Waals surface area (Å²) in [4.78, 5) is 0. The maximum absolute atomic E-state index is 11.1. The van der Waals surface area contributed by atoms with E-state index in [1.807, 2.05) is 11.8 Å². The van der Waals surface area contributed by atoms with Gasteiger partial charge in [-0.25, -0.2) is 0 Å². The van der Waals surface area contributed by atoms with Gasteiger partial charge in [0.05, 0.1) is 0 Å². The quantitative estimate of drug-likeness (QED) is 0.487. The zero-order valence-corrected chi connectivity index (χ0v) is 6.76. The van der Waals surface area contributed by atoms with Crippen LogP contribution in [-0.4, -0.2) is 0 Å². The van der Waals surface area contributed by atoms with Crippen LogP contribution < -0.4 is 0 Å². The normalized spacial score (nSPS) is 3.86. The van der Waals surface area contributed by atoms with Crippen LogP contribution in [0.4, 0.5) is 8.78 Å². The predicted molar refractivity (Wildman–Crippen MR) is 48.9 cm³/mol. The Balaban J connectivity index is 4.16. The van der Waals surface area contributed by atoms with E-state index in [1.54, 1.807) is 0 Å². The molecule has 0 N–H and O–H groups in total. The van der Waals surface area contributed by atoms with Gasteiger partial charge in [0, 0.05) is 59.2 Å². The van der Waals surface area contributed by atoms with Crippen LogP contribution >= 0.6 is 0 Å². The minimum Gasteiger partial charge on any atom is -0.143 e. The van der Waals surface area contributed by atoms with E-state index in [0.29, 0.717) is 0 Å². The number of rotatable bonds is 0. The Kier molecular flexibility index (Phi) is 8.19. The molecule has 0 saturated heterocycles. The number of hydrogen-bond acceptors (Lipinski definition) is 0. The van der Waals surface area contributed by atoms with Crippen molar-refractivity contribution in [2.75, 3.05) is 0 Å². The molecular formula is C12F2. The maximum atomic E-state index is 11.1. The SMILES string of the molecule is FC#CC#CC#CC#CC#CC#CF. The molecule has 0 rings (SSSR count). The summed E-state index contributed by atoms with van der Waals surface area (Å²) in [6, 6.07) is 0. The monoisotopic (exact) mass is 182 g/mol. The van der Waals surface area contributed by atoms with E-state index in [1.165, 1.54) is 0 Å². The first-order valence-corrected chi connectivity index (χ1v) is 3.13. The average molecular weight is 182 g/mol. The lowest BCUT2D eigenvalue weighted by Crippen LogP contribution is -1.54. The maximum Gasteiger partial charge on any atom is 0.119 e. The second kappa shape index (κ2) is 10.2. The van der Waals surface area contributed by atoms with E-state index in [9.17, 15) is 8.78 Å². The van der Waals surface area contributed by atoms with Gasteiger partial charge in [-0.05, 0) is 0 Å². The van der Waals surface area contributed by atoms with E-state index in [4.69, 9.17) is 0 Å². The van der Waals surface area contributed by atoms with Gasteiger partial charge in [0.25, 0.3) is 0 Å². The molecule has 0 unspecified atom stereocenters. The molecule has 14 heavy (non-hydrogen) atoms. The van der Waals surface area contributed by atoms with Crippen molar-refractivity contribution in [1.29, 1.82) is 0 Å². The molecule has 0 spiro atoms. The summed E-state index contributed by atoms with van der Waals surface area (Å²) < 4.78 is 22.3. The van der Waals surface area contributed by atoms with Crippen LogP contribution in [-0.2, 0) is 0 Å². The molecular weight excluding hydrogens is 182 g/mol. The van der Waals surface area contributed by atoms with Gasteiger partial charge < -0.3 is 0 Å². The van der Waals surface area contributed by atoms with Crippen LogP contribution in [0, 0.1) is 71.6 Å². The highest BCUT2D eigenvalue weighted by Crippen LogP contribution is 1.57. The van der Waals surface area contributed by atoms with E-state index in [0.717, 1.165) is 12.3 Å². The molecule has 0 amide bonds. The minimum atomic E-state index is 1.09. The van der Waals surface area contributed by atoms with E-state index in [2.05, 4.69) is 47.4 Å². The molecule has 62 valence electrons. The highest BCUT2D eigenvalue weighted by molar-refractivity contribution is 5.43. The third kappa shape index (κ3) is 9.22. The van der Waals surface area contributed by atoms with Gasteiger partial charge in [-0.3, -0.25) is 0 Å². The molecule has 0 saturated carbocycles. The molecule has 0 aliphatic carbocycles. The second-order valence-electron chi connectivity index (χ2n) is 1.44. The van der Waals surface area contributed by atoms with Crippen LogP contribution in [0.5, 0.6) is 0 Å². The van der Waals surface area contributed by atoms with Gasteiger partial charge in [-0.15, -0.1) is 8.78 Å². The van der Waals surface area contributed by atoms with Crippen molar-refractivity contribution in [3.8, 4) is 71.6 Å². The van der Waals surface area contributed by atoms with Crippen molar-refractivity contribution >= 4 is 0 Å². The molecule has 0 aliphatic rings. The molecule has 0 atom stereocenters. The highest BCUT2D eigenvalue weighted by Gasteiger charge is 1.56. The van der Waals surface area contributed by atoms with Crippen LogP contribution in [0.1, 0.15) is 0 Å². The fourth-order valence-corrected chi connectivity index (χ4v) is 0.297. The molecule has 0 radical (unpaired) electrons. The Morgan fingerprint density at radius 3 is 0.786 bits per heavy atom. The van der Waals surface area contributed by atoms with E-state index >= 15 is 0 Å². The standard InChI is InChI=1S/C12F2/c13-11-9-7-5-3-1-2-4-6-8-10-12-14. The molecule has 0 nitrogen and oxygen atoms in total. The molecule has 0 aromatic rings. The van der Waals surface area contributed by atoms with Gasteiger partial charge in [-0.2, -0.15) is 0 Å². The predicted octanol–water partition coefficient (Wildman–Crippen LogP) is 0.861. The molecule has 0 fully saturated rings. The van der Waals surface area contributed by atoms with E-state index in [-0.39, 0.29) is 0 Å². The van der Waals surface area contributed by atoms with E-state index < -0.39 is 0 Å². The number of halogens is 2. The third-order valence-corrected chi connectivity index (χ3v) is 0.657. The summed E-state index contributed by atoms with van der Waals surface area (Å²) in [6.45, 7) is 0. The zero-order valence-electron chi connectivity index (χ0n) is 6.76.